The summed E-state index contributed by atoms with van der Waals surface area (Å²) in [5.41, 5.74) is 0.151. The lowest BCUT2D eigenvalue weighted by molar-refractivity contribution is 0.194. The van der Waals surface area contributed by atoms with Gasteiger partial charge in [-0.3, -0.25) is 0 Å². The van der Waals surface area contributed by atoms with Gasteiger partial charge < -0.3 is 10.4 Å². The van der Waals surface area contributed by atoms with Gasteiger partial charge >= 0.3 is 6.09 Å². The third-order valence-electron chi connectivity index (χ3n) is 1.79. The highest BCUT2D eigenvalue weighted by Gasteiger charge is 2.16. The van der Waals surface area contributed by atoms with E-state index in [4.69, 9.17) is 5.11 Å². The third-order valence-corrected chi connectivity index (χ3v) is 3.46. The molecular formula is C9H7BrF3NO2S. The van der Waals surface area contributed by atoms with Gasteiger partial charge in [-0.1, -0.05) is 11.8 Å². The van der Waals surface area contributed by atoms with Gasteiger partial charge in [-0.25, -0.2) is 9.18 Å². The van der Waals surface area contributed by atoms with E-state index in [0.717, 1.165) is 6.07 Å². The van der Waals surface area contributed by atoms with Gasteiger partial charge in [0.2, 0.25) is 0 Å². The molecular weight excluding hydrogens is 323 g/mol. The Morgan fingerprint density at radius 3 is 2.71 bits per heavy atom. The second kappa shape index (κ2) is 6.15. The average Bonchev–Trinajstić information content (AvgIpc) is 2.22. The first kappa shape index (κ1) is 14.2. The summed E-state index contributed by atoms with van der Waals surface area (Å²) in [6.45, 7) is -0.247. The molecule has 0 saturated carbocycles. The Hall–Kier alpha value is -0.890. The Labute approximate surface area is 108 Å². The minimum Gasteiger partial charge on any atom is -0.465 e. The standard InChI is InChI=1S/C9H7BrF3NO2S/c10-7-4(3-14-9(15)16)6(17-8(12)13)2-1-5(7)11/h1-2,8,14H,3H2,(H,15,16). The highest BCUT2D eigenvalue weighted by Crippen LogP contribution is 2.34. The summed E-state index contributed by atoms with van der Waals surface area (Å²) < 4.78 is 37.7. The molecule has 0 saturated heterocycles. The second-order valence-electron chi connectivity index (χ2n) is 2.88. The van der Waals surface area contributed by atoms with Crippen molar-refractivity contribution in [2.24, 2.45) is 0 Å². The van der Waals surface area contributed by atoms with Crippen LogP contribution in [-0.4, -0.2) is 17.0 Å². The molecule has 1 aromatic rings. The van der Waals surface area contributed by atoms with Crippen molar-refractivity contribution in [3.8, 4) is 0 Å². The summed E-state index contributed by atoms with van der Waals surface area (Å²) in [7, 11) is 0. The third kappa shape index (κ3) is 4.12. The number of carbonyl (C=O) groups is 1. The van der Waals surface area contributed by atoms with Crippen LogP contribution in [0.15, 0.2) is 21.5 Å². The minimum atomic E-state index is -2.66. The number of hydrogen-bond donors (Lipinski definition) is 2. The molecule has 2 N–H and O–H groups in total. The van der Waals surface area contributed by atoms with Crippen molar-refractivity contribution in [3.63, 3.8) is 0 Å². The van der Waals surface area contributed by atoms with E-state index in [-0.39, 0.29) is 33.2 Å². The zero-order valence-corrected chi connectivity index (χ0v) is 10.6. The van der Waals surface area contributed by atoms with E-state index < -0.39 is 17.7 Å². The van der Waals surface area contributed by atoms with Crippen molar-refractivity contribution in [1.82, 2.24) is 5.32 Å². The van der Waals surface area contributed by atoms with Gasteiger partial charge in [-0.2, -0.15) is 8.78 Å². The van der Waals surface area contributed by atoms with Crippen molar-refractivity contribution in [2.75, 3.05) is 0 Å². The van der Waals surface area contributed by atoms with E-state index in [2.05, 4.69) is 15.9 Å². The van der Waals surface area contributed by atoms with Gasteiger partial charge in [0.25, 0.3) is 5.76 Å². The summed E-state index contributed by atoms with van der Waals surface area (Å²) in [5, 5.41) is 10.4. The smallest absolute Gasteiger partial charge is 0.404 e. The van der Waals surface area contributed by atoms with Gasteiger partial charge in [0.05, 0.1) is 4.47 Å². The van der Waals surface area contributed by atoms with E-state index >= 15 is 0 Å². The van der Waals surface area contributed by atoms with Crippen LogP contribution in [0.5, 0.6) is 0 Å². The van der Waals surface area contributed by atoms with E-state index in [1.807, 2.05) is 5.32 Å². The minimum absolute atomic E-state index is 0.0168. The molecule has 8 heteroatoms. The zero-order chi connectivity index (χ0) is 13.0. The molecule has 0 aliphatic rings. The molecule has 0 aliphatic carbocycles. The summed E-state index contributed by atoms with van der Waals surface area (Å²) in [6, 6.07) is 2.23. The zero-order valence-electron chi connectivity index (χ0n) is 8.21. The summed E-state index contributed by atoms with van der Waals surface area (Å²) in [6.07, 6.45) is -1.31. The van der Waals surface area contributed by atoms with Crippen molar-refractivity contribution in [2.45, 2.75) is 17.2 Å². The number of carboxylic acid groups (broad SMARTS) is 1. The Morgan fingerprint density at radius 1 is 1.53 bits per heavy atom. The molecule has 1 rings (SSSR count). The summed E-state index contributed by atoms with van der Waals surface area (Å²) >= 11 is 3.14. The van der Waals surface area contributed by atoms with Crippen LogP contribution >= 0.6 is 27.7 Å². The predicted octanol–water partition coefficient (Wildman–Crippen LogP) is 3.67. The first-order valence-corrected chi connectivity index (χ1v) is 5.97. The fourth-order valence-corrected chi connectivity index (χ4v) is 2.38. The number of halogens is 4. The summed E-state index contributed by atoms with van der Waals surface area (Å²) in [4.78, 5) is 10.5. The highest BCUT2D eigenvalue weighted by atomic mass is 79.9. The number of nitrogens with one attached hydrogen (secondary N) is 1. The second-order valence-corrected chi connectivity index (χ2v) is 4.70. The Balaban J connectivity index is 3.03. The van der Waals surface area contributed by atoms with Crippen LogP contribution in [0.2, 0.25) is 0 Å². The molecule has 0 unspecified atom stereocenters. The highest BCUT2D eigenvalue weighted by molar-refractivity contribution is 9.10. The van der Waals surface area contributed by atoms with Crippen LogP contribution < -0.4 is 5.32 Å². The quantitative estimate of drug-likeness (QED) is 0.828. The number of rotatable bonds is 4. The molecule has 0 aliphatic heterocycles. The van der Waals surface area contributed by atoms with Crippen molar-refractivity contribution >= 4 is 33.8 Å². The van der Waals surface area contributed by atoms with Gasteiger partial charge in [0.1, 0.15) is 5.82 Å². The molecule has 17 heavy (non-hydrogen) atoms. The Morgan fingerprint density at radius 2 is 2.18 bits per heavy atom. The molecule has 0 atom stereocenters. The van der Waals surface area contributed by atoms with Crippen LogP contribution in [0.25, 0.3) is 0 Å². The van der Waals surface area contributed by atoms with Gasteiger partial charge in [0.15, 0.2) is 0 Å². The normalized spacial score (nSPS) is 10.6. The first-order valence-electron chi connectivity index (χ1n) is 4.30. The fourth-order valence-electron chi connectivity index (χ4n) is 1.11. The molecule has 0 fully saturated rings. The van der Waals surface area contributed by atoms with Crippen molar-refractivity contribution < 1.29 is 23.1 Å². The van der Waals surface area contributed by atoms with E-state index in [1.165, 1.54) is 6.07 Å². The maximum atomic E-state index is 13.2. The molecule has 0 spiro atoms. The van der Waals surface area contributed by atoms with Gasteiger partial charge in [0, 0.05) is 17.0 Å². The fraction of sp³-hybridized carbons (Fsp3) is 0.222. The van der Waals surface area contributed by atoms with Gasteiger partial charge in [-0.05, 0) is 28.1 Å². The topological polar surface area (TPSA) is 49.3 Å². The van der Waals surface area contributed by atoms with Crippen LogP contribution in [0.3, 0.4) is 0 Å². The van der Waals surface area contributed by atoms with Crippen LogP contribution in [0.4, 0.5) is 18.0 Å². The van der Waals surface area contributed by atoms with Crippen molar-refractivity contribution in [1.29, 1.82) is 0 Å². The Kier molecular flexibility index (Phi) is 5.13. The van der Waals surface area contributed by atoms with Gasteiger partial charge in [-0.15, -0.1) is 0 Å². The number of amides is 1. The van der Waals surface area contributed by atoms with Crippen LogP contribution in [0.1, 0.15) is 5.56 Å². The Bertz CT molecular complexity index is 431. The van der Waals surface area contributed by atoms with E-state index in [9.17, 15) is 18.0 Å². The number of hydrogen-bond acceptors (Lipinski definition) is 2. The van der Waals surface area contributed by atoms with Crippen LogP contribution in [0, 0.1) is 5.82 Å². The lowest BCUT2D eigenvalue weighted by Gasteiger charge is -2.11. The molecule has 0 heterocycles. The van der Waals surface area contributed by atoms with E-state index in [1.54, 1.807) is 0 Å². The number of thioether (sulfide) groups is 1. The monoisotopic (exact) mass is 329 g/mol. The van der Waals surface area contributed by atoms with Crippen LogP contribution in [-0.2, 0) is 6.54 Å². The first-order chi connectivity index (χ1) is 7.91. The average molecular weight is 330 g/mol. The largest absolute Gasteiger partial charge is 0.465 e. The molecule has 1 aromatic carbocycles. The SMILES string of the molecule is O=C(O)NCc1c(SC(F)F)ccc(F)c1Br. The molecule has 0 aromatic heterocycles. The van der Waals surface area contributed by atoms with E-state index in [0.29, 0.717) is 0 Å². The number of benzene rings is 1. The predicted molar refractivity (Wildman–Crippen MR) is 60.8 cm³/mol. The molecule has 1 amide bonds. The maximum Gasteiger partial charge on any atom is 0.404 e. The molecule has 0 radical (unpaired) electrons. The molecule has 0 bridgehead atoms. The number of alkyl halides is 2. The lowest BCUT2D eigenvalue weighted by Crippen LogP contribution is -2.20. The maximum absolute atomic E-state index is 13.2. The lowest BCUT2D eigenvalue weighted by atomic mass is 10.2. The summed E-state index contributed by atoms with van der Waals surface area (Å²) in [5.74, 6) is -3.29. The van der Waals surface area contributed by atoms with Crippen molar-refractivity contribution in [3.05, 3.63) is 28.0 Å². The molecule has 3 nitrogen and oxygen atoms in total. The molecule has 94 valence electrons.